The quantitative estimate of drug-likeness (QED) is 0.877. The van der Waals surface area contributed by atoms with E-state index in [2.05, 4.69) is 23.9 Å². The Morgan fingerprint density at radius 1 is 1.38 bits per heavy atom. The number of hydrogen-bond donors (Lipinski definition) is 2. The normalized spacial score (nSPS) is 21.6. The Labute approximate surface area is 126 Å². The monoisotopic (exact) mass is 314 g/mol. The average molecular weight is 314 g/mol. The van der Waals surface area contributed by atoms with Gasteiger partial charge in [0.05, 0.1) is 4.90 Å². The minimum atomic E-state index is -3.60. The maximum absolute atomic E-state index is 13.6. The molecule has 0 aromatic heterocycles. The van der Waals surface area contributed by atoms with Crippen LogP contribution in [-0.4, -0.2) is 21.5 Å². The van der Waals surface area contributed by atoms with Crippen LogP contribution in [0.2, 0.25) is 0 Å². The van der Waals surface area contributed by atoms with Gasteiger partial charge in [0, 0.05) is 18.2 Å². The van der Waals surface area contributed by atoms with E-state index in [4.69, 9.17) is 0 Å². The fraction of sp³-hybridized carbons (Fsp3) is 0.600. The van der Waals surface area contributed by atoms with Crippen molar-refractivity contribution in [1.29, 1.82) is 0 Å². The van der Waals surface area contributed by atoms with E-state index < -0.39 is 15.8 Å². The van der Waals surface area contributed by atoms with Crippen molar-refractivity contribution in [2.45, 2.75) is 50.6 Å². The van der Waals surface area contributed by atoms with Crippen molar-refractivity contribution in [1.82, 2.24) is 10.0 Å². The summed E-state index contributed by atoms with van der Waals surface area (Å²) in [5.41, 5.74) is 0.528. The Bertz CT molecular complexity index is 614. The molecule has 1 fully saturated rings. The predicted molar refractivity (Wildman–Crippen MR) is 80.9 cm³/mol. The van der Waals surface area contributed by atoms with Gasteiger partial charge in [-0.1, -0.05) is 13.8 Å². The fourth-order valence-electron chi connectivity index (χ4n) is 2.87. The van der Waals surface area contributed by atoms with Gasteiger partial charge in [-0.3, -0.25) is 0 Å². The summed E-state index contributed by atoms with van der Waals surface area (Å²) in [6, 6.07) is 3.88. The molecule has 1 aromatic rings. The highest BCUT2D eigenvalue weighted by Crippen LogP contribution is 2.37. The Hall–Kier alpha value is -0.980. The predicted octanol–water partition coefficient (Wildman–Crippen LogP) is 2.40. The Kier molecular flexibility index (Phi) is 4.70. The van der Waals surface area contributed by atoms with Crippen molar-refractivity contribution < 1.29 is 12.8 Å². The number of rotatable bonds is 5. The zero-order chi connectivity index (χ0) is 15.7. The van der Waals surface area contributed by atoms with Gasteiger partial charge in [-0.15, -0.1) is 0 Å². The molecule has 0 bridgehead atoms. The van der Waals surface area contributed by atoms with E-state index in [-0.39, 0.29) is 16.4 Å². The molecule has 1 aliphatic carbocycles. The van der Waals surface area contributed by atoms with Gasteiger partial charge in [-0.05, 0) is 49.9 Å². The number of hydrogen-bond acceptors (Lipinski definition) is 3. The molecule has 1 atom stereocenters. The van der Waals surface area contributed by atoms with Crippen molar-refractivity contribution in [3.05, 3.63) is 29.6 Å². The Morgan fingerprint density at radius 2 is 2.10 bits per heavy atom. The molecule has 4 nitrogen and oxygen atoms in total. The molecule has 0 aliphatic heterocycles. The Morgan fingerprint density at radius 3 is 2.67 bits per heavy atom. The molecule has 0 spiro atoms. The summed E-state index contributed by atoms with van der Waals surface area (Å²) in [7, 11) is -1.90. The number of halogens is 1. The van der Waals surface area contributed by atoms with E-state index in [1.54, 1.807) is 7.05 Å². The van der Waals surface area contributed by atoms with Crippen molar-refractivity contribution in [3.63, 3.8) is 0 Å². The summed E-state index contributed by atoms with van der Waals surface area (Å²) in [6.45, 7) is 4.58. The smallest absolute Gasteiger partial charge is 0.240 e. The van der Waals surface area contributed by atoms with Crippen molar-refractivity contribution >= 4 is 10.0 Å². The molecule has 21 heavy (non-hydrogen) atoms. The number of benzene rings is 1. The van der Waals surface area contributed by atoms with Gasteiger partial charge in [-0.2, -0.15) is 0 Å². The lowest BCUT2D eigenvalue weighted by Crippen LogP contribution is -2.33. The van der Waals surface area contributed by atoms with E-state index >= 15 is 0 Å². The summed E-state index contributed by atoms with van der Waals surface area (Å²) >= 11 is 0. The first-order chi connectivity index (χ1) is 9.73. The standard InChI is InChI=1S/C15H23FN2O2S/c1-15(2)7-6-12(9-15)18-21(19,20)13-4-5-14(16)11(8-13)10-17-3/h4-5,8,12,17-18H,6-7,9-10H2,1-3H3. The zero-order valence-corrected chi connectivity index (χ0v) is 13.6. The summed E-state index contributed by atoms with van der Waals surface area (Å²) in [5.74, 6) is -0.398. The first-order valence-corrected chi connectivity index (χ1v) is 8.67. The van der Waals surface area contributed by atoms with Crippen LogP contribution in [0.5, 0.6) is 0 Å². The third-order valence-electron chi connectivity index (χ3n) is 3.99. The molecule has 0 amide bonds. The van der Waals surface area contributed by atoms with Gasteiger partial charge in [0.1, 0.15) is 5.82 Å². The highest BCUT2D eigenvalue weighted by Gasteiger charge is 2.33. The van der Waals surface area contributed by atoms with Crippen LogP contribution < -0.4 is 10.0 Å². The van der Waals surface area contributed by atoms with Crippen LogP contribution >= 0.6 is 0 Å². The highest BCUT2D eigenvalue weighted by molar-refractivity contribution is 7.89. The van der Waals surface area contributed by atoms with Gasteiger partial charge in [-0.25, -0.2) is 17.5 Å². The van der Waals surface area contributed by atoms with Crippen LogP contribution in [0.4, 0.5) is 4.39 Å². The van der Waals surface area contributed by atoms with Gasteiger partial charge in [0.15, 0.2) is 0 Å². The fourth-order valence-corrected chi connectivity index (χ4v) is 4.19. The maximum Gasteiger partial charge on any atom is 0.240 e. The van der Waals surface area contributed by atoms with Crippen LogP contribution in [0.3, 0.4) is 0 Å². The lowest BCUT2D eigenvalue weighted by atomic mass is 9.92. The lowest BCUT2D eigenvalue weighted by molar-refractivity contribution is 0.372. The molecular weight excluding hydrogens is 291 g/mol. The van der Waals surface area contributed by atoms with Crippen molar-refractivity contribution in [2.24, 2.45) is 5.41 Å². The topological polar surface area (TPSA) is 58.2 Å². The van der Waals surface area contributed by atoms with E-state index in [1.807, 2.05) is 0 Å². The second-order valence-corrected chi connectivity index (χ2v) is 8.22. The van der Waals surface area contributed by atoms with Crippen molar-refractivity contribution in [2.75, 3.05) is 7.05 Å². The third kappa shape index (κ3) is 4.02. The van der Waals surface area contributed by atoms with E-state index in [0.717, 1.165) is 19.3 Å². The second-order valence-electron chi connectivity index (χ2n) is 6.51. The molecule has 118 valence electrons. The third-order valence-corrected chi connectivity index (χ3v) is 5.50. The maximum atomic E-state index is 13.6. The summed E-state index contributed by atoms with van der Waals surface area (Å²) < 4.78 is 41.2. The SMILES string of the molecule is CNCc1cc(S(=O)(=O)NC2CCC(C)(C)C2)ccc1F. The van der Waals surface area contributed by atoms with Gasteiger partial charge in [0.25, 0.3) is 0 Å². The molecule has 1 saturated carbocycles. The van der Waals surface area contributed by atoms with Crippen LogP contribution in [0.1, 0.15) is 38.7 Å². The van der Waals surface area contributed by atoms with Gasteiger partial charge < -0.3 is 5.32 Å². The molecule has 1 aromatic carbocycles. The summed E-state index contributed by atoms with van der Waals surface area (Å²) in [4.78, 5) is 0.124. The highest BCUT2D eigenvalue weighted by atomic mass is 32.2. The molecule has 0 saturated heterocycles. The largest absolute Gasteiger partial charge is 0.316 e. The zero-order valence-electron chi connectivity index (χ0n) is 12.7. The van der Waals surface area contributed by atoms with E-state index in [0.29, 0.717) is 12.1 Å². The van der Waals surface area contributed by atoms with Crippen LogP contribution in [0.25, 0.3) is 0 Å². The van der Waals surface area contributed by atoms with Gasteiger partial charge >= 0.3 is 0 Å². The minimum Gasteiger partial charge on any atom is -0.316 e. The molecular formula is C15H23FN2O2S. The van der Waals surface area contributed by atoms with Gasteiger partial charge in [0.2, 0.25) is 10.0 Å². The molecule has 6 heteroatoms. The number of sulfonamides is 1. The van der Waals surface area contributed by atoms with Crippen LogP contribution in [-0.2, 0) is 16.6 Å². The second kappa shape index (κ2) is 6.02. The lowest BCUT2D eigenvalue weighted by Gasteiger charge is -2.18. The van der Waals surface area contributed by atoms with E-state index in [1.165, 1.54) is 18.2 Å². The van der Waals surface area contributed by atoms with Crippen LogP contribution in [0, 0.1) is 11.2 Å². The first-order valence-electron chi connectivity index (χ1n) is 7.19. The molecule has 2 N–H and O–H groups in total. The molecule has 0 radical (unpaired) electrons. The average Bonchev–Trinajstić information content (AvgIpc) is 2.70. The summed E-state index contributed by atoms with van der Waals surface area (Å²) in [5, 5.41) is 2.83. The first kappa shape index (κ1) is 16.4. The van der Waals surface area contributed by atoms with Crippen molar-refractivity contribution in [3.8, 4) is 0 Å². The molecule has 2 rings (SSSR count). The van der Waals surface area contributed by atoms with Crippen LogP contribution in [0.15, 0.2) is 23.1 Å². The molecule has 1 aliphatic rings. The minimum absolute atomic E-state index is 0.0391. The number of nitrogens with one attached hydrogen (secondary N) is 2. The molecule has 1 unspecified atom stereocenters. The van der Waals surface area contributed by atoms with E-state index in [9.17, 15) is 12.8 Å². The summed E-state index contributed by atoms with van der Waals surface area (Å²) in [6.07, 6.45) is 2.68. The Balaban J connectivity index is 2.18. The molecule has 0 heterocycles.